The van der Waals surface area contributed by atoms with Crippen molar-refractivity contribution in [1.29, 1.82) is 0 Å². The number of piperazine rings is 1. The van der Waals surface area contributed by atoms with Crippen molar-refractivity contribution < 1.29 is 14.4 Å². The molecular weight excluding hydrogens is 350 g/mol. The molecule has 3 rings (SSSR count). The van der Waals surface area contributed by atoms with Gasteiger partial charge < -0.3 is 15.5 Å². The highest BCUT2D eigenvalue weighted by atomic mass is 32.1. The maximum absolute atomic E-state index is 13.0. The summed E-state index contributed by atoms with van der Waals surface area (Å²) < 4.78 is 0. The minimum Gasteiger partial charge on any atom is -0.359 e. The van der Waals surface area contributed by atoms with Crippen LogP contribution >= 0.6 is 11.3 Å². The van der Waals surface area contributed by atoms with Crippen molar-refractivity contribution in [3.8, 4) is 10.4 Å². The van der Waals surface area contributed by atoms with Crippen LogP contribution in [0.5, 0.6) is 0 Å². The molecule has 7 heteroatoms. The zero-order valence-electron chi connectivity index (χ0n) is 14.7. The van der Waals surface area contributed by atoms with Crippen LogP contribution in [-0.4, -0.2) is 48.8 Å². The van der Waals surface area contributed by atoms with Gasteiger partial charge in [0.15, 0.2) is 0 Å². The Labute approximate surface area is 156 Å². The van der Waals surface area contributed by atoms with E-state index in [-0.39, 0.29) is 24.1 Å². The molecule has 0 bridgehead atoms. The quantitative estimate of drug-likeness (QED) is 0.860. The summed E-state index contributed by atoms with van der Waals surface area (Å²) >= 11 is 1.63. The van der Waals surface area contributed by atoms with Gasteiger partial charge in [0.1, 0.15) is 6.04 Å². The van der Waals surface area contributed by atoms with Gasteiger partial charge >= 0.3 is 0 Å². The molecule has 1 aromatic carbocycles. The molecule has 0 unspecified atom stereocenters. The molecule has 1 fully saturated rings. The first-order chi connectivity index (χ1) is 12.5. The Morgan fingerprint density at radius 3 is 2.85 bits per heavy atom. The molecule has 6 nitrogen and oxygen atoms in total. The van der Waals surface area contributed by atoms with Crippen molar-refractivity contribution in [2.24, 2.45) is 0 Å². The lowest BCUT2D eigenvalue weighted by atomic mass is 10.0. The standard InChI is InChI=1S/C19H21N3O3S/c1-12-6-9-26-17(12)13-4-3-5-14(10-13)19(25)22-8-7-21-18(24)15(22)11-16(23)20-2/h3-6,9-10,15H,7-8,11H2,1-2H3,(H,20,23)(H,21,24)/t15-/m0/s1. The maximum atomic E-state index is 13.0. The molecule has 1 aliphatic rings. The number of nitrogens with zero attached hydrogens (tertiary/aromatic N) is 1. The van der Waals surface area contributed by atoms with E-state index in [9.17, 15) is 14.4 Å². The summed E-state index contributed by atoms with van der Waals surface area (Å²) in [4.78, 5) is 39.6. The molecule has 26 heavy (non-hydrogen) atoms. The number of hydrogen-bond acceptors (Lipinski definition) is 4. The van der Waals surface area contributed by atoms with Crippen molar-refractivity contribution in [3.63, 3.8) is 0 Å². The fourth-order valence-corrected chi connectivity index (χ4v) is 3.99. The number of benzene rings is 1. The fraction of sp³-hybridized carbons (Fsp3) is 0.316. The fourth-order valence-electron chi connectivity index (χ4n) is 3.07. The van der Waals surface area contributed by atoms with Crippen LogP contribution in [0, 0.1) is 6.92 Å². The lowest BCUT2D eigenvalue weighted by Gasteiger charge is -2.34. The molecule has 2 N–H and O–H groups in total. The highest BCUT2D eigenvalue weighted by molar-refractivity contribution is 7.13. The van der Waals surface area contributed by atoms with Crippen LogP contribution in [-0.2, 0) is 9.59 Å². The van der Waals surface area contributed by atoms with Crippen LogP contribution in [0.15, 0.2) is 35.7 Å². The molecule has 3 amide bonds. The zero-order chi connectivity index (χ0) is 18.7. The Kier molecular flexibility index (Phi) is 5.37. The van der Waals surface area contributed by atoms with E-state index in [1.54, 1.807) is 17.4 Å². The summed E-state index contributed by atoms with van der Waals surface area (Å²) in [6.07, 6.45) is -0.0439. The van der Waals surface area contributed by atoms with E-state index in [1.807, 2.05) is 36.6 Å². The van der Waals surface area contributed by atoms with Gasteiger partial charge in [0.2, 0.25) is 11.8 Å². The average molecular weight is 371 g/mol. The monoisotopic (exact) mass is 371 g/mol. The molecular formula is C19H21N3O3S. The van der Waals surface area contributed by atoms with Gasteiger partial charge in [0, 0.05) is 30.6 Å². The zero-order valence-corrected chi connectivity index (χ0v) is 15.6. The van der Waals surface area contributed by atoms with E-state index in [0.717, 1.165) is 16.0 Å². The summed E-state index contributed by atoms with van der Waals surface area (Å²) in [7, 11) is 1.52. The number of amides is 3. The van der Waals surface area contributed by atoms with Crippen molar-refractivity contribution in [3.05, 3.63) is 46.8 Å². The third-order valence-electron chi connectivity index (χ3n) is 4.48. The highest BCUT2D eigenvalue weighted by Gasteiger charge is 2.35. The average Bonchev–Trinajstić information content (AvgIpc) is 3.08. The summed E-state index contributed by atoms with van der Waals surface area (Å²) in [5, 5.41) is 7.26. The second-order valence-corrected chi connectivity index (χ2v) is 7.11. The summed E-state index contributed by atoms with van der Waals surface area (Å²) in [5.74, 6) is -0.795. The number of thiophene rings is 1. The smallest absolute Gasteiger partial charge is 0.254 e. The van der Waals surface area contributed by atoms with Crippen LogP contribution < -0.4 is 10.6 Å². The topological polar surface area (TPSA) is 78.5 Å². The van der Waals surface area contributed by atoms with E-state index in [4.69, 9.17) is 0 Å². The van der Waals surface area contributed by atoms with Gasteiger partial charge in [-0.15, -0.1) is 11.3 Å². The number of rotatable bonds is 4. The molecule has 1 aliphatic heterocycles. The molecule has 2 heterocycles. The minimum absolute atomic E-state index is 0.0439. The Bertz CT molecular complexity index is 846. The van der Waals surface area contributed by atoms with Crippen molar-refractivity contribution >= 4 is 29.1 Å². The molecule has 0 saturated carbocycles. The molecule has 0 radical (unpaired) electrons. The summed E-state index contributed by atoms with van der Waals surface area (Å²) in [6.45, 7) is 2.81. The van der Waals surface area contributed by atoms with Gasteiger partial charge in [-0.25, -0.2) is 0 Å². The Morgan fingerprint density at radius 2 is 2.15 bits per heavy atom. The molecule has 0 aliphatic carbocycles. The van der Waals surface area contributed by atoms with Gasteiger partial charge in [-0.2, -0.15) is 0 Å². The SMILES string of the molecule is CNC(=O)C[C@H]1C(=O)NCCN1C(=O)c1cccc(-c2sccc2C)c1. The minimum atomic E-state index is -0.789. The molecule has 136 valence electrons. The first kappa shape index (κ1) is 18.1. The van der Waals surface area contributed by atoms with Gasteiger partial charge in [-0.05, 0) is 41.6 Å². The molecule has 0 spiro atoms. The van der Waals surface area contributed by atoms with E-state index >= 15 is 0 Å². The number of carbonyl (C=O) groups is 3. The number of hydrogen-bond donors (Lipinski definition) is 2. The molecule has 1 aromatic heterocycles. The van der Waals surface area contributed by atoms with Gasteiger partial charge in [-0.1, -0.05) is 12.1 Å². The van der Waals surface area contributed by atoms with E-state index in [0.29, 0.717) is 18.7 Å². The summed E-state index contributed by atoms with van der Waals surface area (Å²) in [6, 6.07) is 8.68. The lowest BCUT2D eigenvalue weighted by molar-refractivity contribution is -0.132. The second-order valence-electron chi connectivity index (χ2n) is 6.20. The van der Waals surface area contributed by atoms with E-state index in [1.165, 1.54) is 11.9 Å². The predicted octanol–water partition coefficient (Wildman–Crippen LogP) is 1.80. The number of carbonyl (C=O) groups excluding carboxylic acids is 3. The first-order valence-electron chi connectivity index (χ1n) is 8.45. The number of nitrogens with one attached hydrogen (secondary N) is 2. The van der Waals surface area contributed by atoms with E-state index < -0.39 is 6.04 Å². The third-order valence-corrected chi connectivity index (χ3v) is 5.55. The van der Waals surface area contributed by atoms with Crippen LogP contribution in [0.1, 0.15) is 22.3 Å². The largest absolute Gasteiger partial charge is 0.359 e. The van der Waals surface area contributed by atoms with Crippen LogP contribution in [0.2, 0.25) is 0 Å². The predicted molar refractivity (Wildman–Crippen MR) is 101 cm³/mol. The molecule has 1 saturated heterocycles. The van der Waals surface area contributed by atoms with Crippen LogP contribution in [0.3, 0.4) is 0 Å². The third kappa shape index (κ3) is 3.62. The van der Waals surface area contributed by atoms with E-state index in [2.05, 4.69) is 10.6 Å². The van der Waals surface area contributed by atoms with Gasteiger partial charge in [0.25, 0.3) is 5.91 Å². The van der Waals surface area contributed by atoms with Gasteiger partial charge in [0.05, 0.1) is 6.42 Å². The Balaban J connectivity index is 1.88. The van der Waals surface area contributed by atoms with Crippen molar-refractivity contribution in [1.82, 2.24) is 15.5 Å². The highest BCUT2D eigenvalue weighted by Crippen LogP contribution is 2.30. The number of aryl methyl sites for hydroxylation is 1. The second kappa shape index (κ2) is 7.70. The molecule has 2 aromatic rings. The Hall–Kier alpha value is -2.67. The van der Waals surface area contributed by atoms with Gasteiger partial charge in [-0.3, -0.25) is 14.4 Å². The van der Waals surface area contributed by atoms with Crippen LogP contribution in [0.4, 0.5) is 0 Å². The van der Waals surface area contributed by atoms with Crippen LogP contribution in [0.25, 0.3) is 10.4 Å². The Morgan fingerprint density at radius 1 is 1.35 bits per heavy atom. The summed E-state index contributed by atoms with van der Waals surface area (Å²) in [5.41, 5.74) is 2.66. The maximum Gasteiger partial charge on any atom is 0.254 e. The normalized spacial score (nSPS) is 16.9. The molecule has 1 atom stereocenters. The van der Waals surface area contributed by atoms with Crippen molar-refractivity contribution in [2.45, 2.75) is 19.4 Å². The lowest BCUT2D eigenvalue weighted by Crippen LogP contribution is -2.58. The first-order valence-corrected chi connectivity index (χ1v) is 9.33. The van der Waals surface area contributed by atoms with Crippen molar-refractivity contribution in [2.75, 3.05) is 20.1 Å².